The first-order chi connectivity index (χ1) is 14.3. The van der Waals surface area contributed by atoms with Gasteiger partial charge in [-0.15, -0.1) is 24.0 Å². The molecule has 2 N–H and O–H groups in total. The molecule has 2 aromatic rings. The number of rotatable bonds is 7. The van der Waals surface area contributed by atoms with Crippen molar-refractivity contribution in [3.8, 4) is 17.2 Å². The number of hydrogen-bond donors (Lipinski definition) is 2. The molecule has 0 radical (unpaired) electrons. The Bertz CT molecular complexity index is 900. The minimum Gasteiger partial charge on any atom is -0.454 e. The zero-order valence-corrected chi connectivity index (χ0v) is 20.2. The number of oxazole rings is 1. The van der Waals surface area contributed by atoms with E-state index in [9.17, 15) is 8.78 Å². The Morgan fingerprint density at radius 1 is 1.23 bits per heavy atom. The van der Waals surface area contributed by atoms with Crippen molar-refractivity contribution < 1.29 is 27.4 Å². The quantitative estimate of drug-likeness (QED) is 0.303. The summed E-state index contributed by atoms with van der Waals surface area (Å²) in [6, 6.07) is 2.98. The Kier molecular flexibility index (Phi) is 8.71. The number of hydrogen-bond acceptors (Lipinski definition) is 6. The summed E-state index contributed by atoms with van der Waals surface area (Å²) in [6.07, 6.45) is 1.71. The van der Waals surface area contributed by atoms with E-state index < -0.39 is 6.61 Å². The highest BCUT2D eigenvalue weighted by Gasteiger charge is 2.21. The average Bonchev–Trinajstić information content (AvgIpc) is 3.32. The van der Waals surface area contributed by atoms with Crippen LogP contribution in [0.1, 0.15) is 44.9 Å². The maximum absolute atomic E-state index is 12.8. The Morgan fingerprint density at radius 2 is 1.94 bits per heavy atom. The van der Waals surface area contributed by atoms with E-state index in [1.165, 1.54) is 6.07 Å². The van der Waals surface area contributed by atoms with E-state index in [-0.39, 0.29) is 48.5 Å². The molecular weight excluding hydrogens is 525 g/mol. The lowest BCUT2D eigenvalue weighted by molar-refractivity contribution is -0.0505. The summed E-state index contributed by atoms with van der Waals surface area (Å²) in [7, 11) is 0. The highest BCUT2D eigenvalue weighted by molar-refractivity contribution is 14.0. The van der Waals surface area contributed by atoms with Crippen molar-refractivity contribution in [1.29, 1.82) is 0 Å². The molecule has 0 unspecified atom stereocenters. The van der Waals surface area contributed by atoms with Crippen LogP contribution in [0.3, 0.4) is 0 Å². The van der Waals surface area contributed by atoms with Crippen LogP contribution in [0.25, 0.3) is 0 Å². The second-order valence-electron chi connectivity index (χ2n) is 7.61. The molecule has 8 nitrogen and oxygen atoms in total. The van der Waals surface area contributed by atoms with E-state index in [1.807, 2.05) is 27.7 Å². The molecule has 0 saturated heterocycles. The van der Waals surface area contributed by atoms with Crippen molar-refractivity contribution in [3.63, 3.8) is 0 Å². The largest absolute Gasteiger partial charge is 0.454 e. The van der Waals surface area contributed by atoms with Crippen LogP contribution in [-0.4, -0.2) is 30.9 Å². The fraction of sp³-hybridized carbons (Fsp3) is 0.500. The highest BCUT2D eigenvalue weighted by atomic mass is 127. The van der Waals surface area contributed by atoms with Crippen molar-refractivity contribution in [1.82, 2.24) is 15.6 Å². The Balaban J connectivity index is 0.00000341. The van der Waals surface area contributed by atoms with E-state index in [2.05, 4.69) is 25.3 Å². The average molecular weight is 552 g/mol. The molecule has 31 heavy (non-hydrogen) atoms. The highest BCUT2D eigenvalue weighted by Crippen LogP contribution is 2.39. The Morgan fingerprint density at radius 3 is 2.55 bits per heavy atom. The van der Waals surface area contributed by atoms with Gasteiger partial charge < -0.3 is 29.3 Å². The molecular formula is C20H27F2IN4O4. The molecule has 0 saturated carbocycles. The third kappa shape index (κ3) is 6.84. The maximum Gasteiger partial charge on any atom is 0.387 e. The molecule has 1 aromatic carbocycles. The SMILES string of the molecule is CCNC(=NCc1cc2c(cc1OC(F)F)OCO2)NCc1ncc(C(C)(C)C)o1.I. The second-order valence-corrected chi connectivity index (χ2v) is 7.61. The van der Waals surface area contributed by atoms with Gasteiger partial charge >= 0.3 is 6.61 Å². The van der Waals surface area contributed by atoms with Crippen LogP contribution < -0.4 is 24.8 Å². The number of ether oxygens (including phenoxy) is 3. The van der Waals surface area contributed by atoms with Crippen molar-refractivity contribution in [2.45, 2.75) is 52.8 Å². The molecule has 0 spiro atoms. The van der Waals surface area contributed by atoms with Gasteiger partial charge in [-0.3, -0.25) is 0 Å². The van der Waals surface area contributed by atoms with Crippen molar-refractivity contribution in [3.05, 3.63) is 35.5 Å². The topological polar surface area (TPSA) is 90.1 Å². The van der Waals surface area contributed by atoms with E-state index >= 15 is 0 Å². The molecule has 0 amide bonds. The second kappa shape index (κ2) is 10.8. The van der Waals surface area contributed by atoms with Crippen LogP contribution in [0.5, 0.6) is 17.2 Å². The normalized spacial score (nSPS) is 13.2. The Hall–Kier alpha value is -2.31. The monoisotopic (exact) mass is 552 g/mol. The third-order valence-electron chi connectivity index (χ3n) is 4.22. The summed E-state index contributed by atoms with van der Waals surface area (Å²) in [4.78, 5) is 8.72. The number of aromatic nitrogens is 1. The van der Waals surface area contributed by atoms with Gasteiger partial charge in [0, 0.05) is 23.6 Å². The first-order valence-corrected chi connectivity index (χ1v) is 9.61. The van der Waals surface area contributed by atoms with Gasteiger partial charge in [0.25, 0.3) is 0 Å². The first kappa shape index (κ1) is 25.0. The van der Waals surface area contributed by atoms with E-state index in [0.29, 0.717) is 42.0 Å². The molecule has 1 aliphatic rings. The Labute approximate surface area is 196 Å². The molecule has 2 heterocycles. The third-order valence-corrected chi connectivity index (χ3v) is 4.22. The molecule has 0 aliphatic carbocycles. The van der Waals surface area contributed by atoms with Gasteiger partial charge in [-0.2, -0.15) is 8.78 Å². The van der Waals surface area contributed by atoms with E-state index in [4.69, 9.17) is 13.9 Å². The van der Waals surface area contributed by atoms with Crippen LogP contribution in [0, 0.1) is 0 Å². The van der Waals surface area contributed by atoms with Crippen LogP contribution >= 0.6 is 24.0 Å². The van der Waals surface area contributed by atoms with Gasteiger partial charge in [0.2, 0.25) is 12.7 Å². The van der Waals surface area contributed by atoms with Crippen LogP contribution in [-0.2, 0) is 18.5 Å². The summed E-state index contributed by atoms with van der Waals surface area (Å²) < 4.78 is 46.5. The molecule has 0 atom stereocenters. The fourth-order valence-electron chi connectivity index (χ4n) is 2.70. The van der Waals surface area contributed by atoms with Crippen molar-refractivity contribution in [2.24, 2.45) is 4.99 Å². The van der Waals surface area contributed by atoms with Gasteiger partial charge in [-0.05, 0) is 13.0 Å². The molecule has 0 bridgehead atoms. The lowest BCUT2D eigenvalue weighted by Crippen LogP contribution is -2.36. The number of halogens is 3. The van der Waals surface area contributed by atoms with Crippen molar-refractivity contribution >= 4 is 29.9 Å². The number of nitrogens with one attached hydrogen (secondary N) is 2. The minimum atomic E-state index is -2.96. The molecule has 3 rings (SSSR count). The number of guanidine groups is 1. The predicted octanol–water partition coefficient (Wildman–Crippen LogP) is 4.18. The lowest BCUT2D eigenvalue weighted by Gasteiger charge is -2.14. The summed E-state index contributed by atoms with van der Waals surface area (Å²) in [5.74, 6) is 2.62. The summed E-state index contributed by atoms with van der Waals surface area (Å²) >= 11 is 0. The zero-order valence-electron chi connectivity index (χ0n) is 17.8. The van der Waals surface area contributed by atoms with Gasteiger partial charge in [0.05, 0.1) is 19.3 Å². The zero-order chi connectivity index (χ0) is 21.7. The standard InChI is InChI=1S/C20H26F2N4O4.HI/c1-5-23-19(26-10-17-24-9-16(30-17)20(2,3)4)25-8-12-6-14-15(28-11-27-14)7-13(12)29-18(21)22;/h6-7,9,18H,5,8,10-11H2,1-4H3,(H2,23,25,26);1H. The van der Waals surface area contributed by atoms with Gasteiger partial charge in [0.15, 0.2) is 17.5 Å². The fourth-order valence-corrected chi connectivity index (χ4v) is 2.70. The predicted molar refractivity (Wildman–Crippen MR) is 121 cm³/mol. The number of nitrogens with zero attached hydrogens (tertiary/aromatic N) is 2. The molecule has 0 fully saturated rings. The lowest BCUT2D eigenvalue weighted by atomic mass is 9.94. The van der Waals surface area contributed by atoms with E-state index in [1.54, 1.807) is 12.3 Å². The number of fused-ring (bicyclic) bond motifs is 1. The smallest absolute Gasteiger partial charge is 0.387 e. The van der Waals surface area contributed by atoms with Gasteiger partial charge in [-0.1, -0.05) is 20.8 Å². The summed E-state index contributed by atoms with van der Waals surface area (Å²) in [5, 5.41) is 6.22. The van der Waals surface area contributed by atoms with E-state index in [0.717, 1.165) is 5.76 Å². The number of alkyl halides is 2. The van der Waals surface area contributed by atoms with Crippen molar-refractivity contribution in [2.75, 3.05) is 13.3 Å². The molecule has 172 valence electrons. The van der Waals surface area contributed by atoms with Gasteiger partial charge in [-0.25, -0.2) is 9.98 Å². The molecule has 1 aromatic heterocycles. The first-order valence-electron chi connectivity index (χ1n) is 9.61. The van der Waals surface area contributed by atoms with Crippen LogP contribution in [0.2, 0.25) is 0 Å². The number of benzene rings is 1. The van der Waals surface area contributed by atoms with Crippen LogP contribution in [0.15, 0.2) is 27.7 Å². The minimum absolute atomic E-state index is 0. The summed E-state index contributed by atoms with van der Waals surface area (Å²) in [5.41, 5.74) is 0.312. The number of aliphatic imine (C=N–C) groups is 1. The maximum atomic E-state index is 12.8. The van der Waals surface area contributed by atoms with Crippen LogP contribution in [0.4, 0.5) is 8.78 Å². The summed E-state index contributed by atoms with van der Waals surface area (Å²) in [6.45, 7) is 6.16. The van der Waals surface area contributed by atoms with Gasteiger partial charge in [0.1, 0.15) is 11.5 Å². The molecule has 11 heteroatoms. The molecule has 1 aliphatic heterocycles.